The molecule has 0 saturated heterocycles. The fourth-order valence-corrected chi connectivity index (χ4v) is 1.75. The van der Waals surface area contributed by atoms with Crippen molar-refractivity contribution in [2.75, 3.05) is 5.32 Å². The Bertz CT molecular complexity index is 544. The van der Waals surface area contributed by atoms with E-state index in [2.05, 4.69) is 47.9 Å². The first-order valence-corrected chi connectivity index (χ1v) is 5.69. The van der Waals surface area contributed by atoms with Crippen molar-refractivity contribution in [3.05, 3.63) is 34.1 Å². The van der Waals surface area contributed by atoms with Crippen LogP contribution in [0.1, 0.15) is 24.4 Å². The maximum Gasteiger partial charge on any atom is 0.196 e. The van der Waals surface area contributed by atoms with Crippen LogP contribution in [-0.4, -0.2) is 20.6 Å². The van der Waals surface area contributed by atoms with Gasteiger partial charge in [0, 0.05) is 4.47 Å². The van der Waals surface area contributed by atoms with Crippen molar-refractivity contribution in [1.29, 1.82) is 5.26 Å². The highest BCUT2D eigenvalue weighted by Crippen LogP contribution is 2.23. The number of rotatable bonds is 3. The zero-order valence-electron chi connectivity index (χ0n) is 8.98. The summed E-state index contributed by atoms with van der Waals surface area (Å²) in [4.78, 5) is 0. The first-order valence-electron chi connectivity index (χ1n) is 4.90. The fourth-order valence-electron chi connectivity index (χ4n) is 1.39. The predicted octanol–water partition coefficient (Wildman–Crippen LogP) is 2.01. The summed E-state index contributed by atoms with van der Waals surface area (Å²) < 4.78 is 0.867. The molecule has 0 radical (unpaired) electrons. The molecule has 2 aromatic rings. The van der Waals surface area contributed by atoms with E-state index in [4.69, 9.17) is 5.26 Å². The van der Waals surface area contributed by atoms with E-state index in [9.17, 15) is 0 Å². The summed E-state index contributed by atoms with van der Waals surface area (Å²) in [5.74, 6) is 0.553. The van der Waals surface area contributed by atoms with Gasteiger partial charge in [0.1, 0.15) is 6.07 Å². The molecule has 6 nitrogen and oxygen atoms in total. The Morgan fingerprint density at radius 3 is 3.00 bits per heavy atom. The van der Waals surface area contributed by atoms with E-state index in [0.29, 0.717) is 11.4 Å². The van der Waals surface area contributed by atoms with Gasteiger partial charge in [-0.05, 0) is 25.1 Å². The maximum absolute atomic E-state index is 9.03. The van der Waals surface area contributed by atoms with Crippen molar-refractivity contribution in [2.24, 2.45) is 0 Å². The van der Waals surface area contributed by atoms with Crippen LogP contribution in [0.5, 0.6) is 0 Å². The van der Waals surface area contributed by atoms with Crippen LogP contribution in [0.3, 0.4) is 0 Å². The van der Waals surface area contributed by atoms with Crippen molar-refractivity contribution in [3.63, 3.8) is 0 Å². The normalized spacial score (nSPS) is 11.8. The van der Waals surface area contributed by atoms with Crippen molar-refractivity contribution in [1.82, 2.24) is 20.6 Å². The molecule has 0 fully saturated rings. The summed E-state index contributed by atoms with van der Waals surface area (Å²) in [5, 5.41) is 25.8. The zero-order chi connectivity index (χ0) is 12.3. The Kier molecular flexibility index (Phi) is 3.35. The van der Waals surface area contributed by atoms with E-state index < -0.39 is 0 Å². The molecule has 1 aromatic heterocycles. The number of nitriles is 1. The Balaban J connectivity index is 2.22. The van der Waals surface area contributed by atoms with Crippen LogP contribution in [0, 0.1) is 11.3 Å². The molecular formula is C10H9BrN6. The van der Waals surface area contributed by atoms with E-state index >= 15 is 0 Å². The van der Waals surface area contributed by atoms with Crippen LogP contribution >= 0.6 is 15.9 Å². The molecule has 1 unspecified atom stereocenters. The van der Waals surface area contributed by atoms with Gasteiger partial charge in [0.25, 0.3) is 0 Å². The summed E-state index contributed by atoms with van der Waals surface area (Å²) in [6.45, 7) is 1.90. The van der Waals surface area contributed by atoms with Gasteiger partial charge in [-0.1, -0.05) is 21.1 Å². The summed E-state index contributed by atoms with van der Waals surface area (Å²) in [6.07, 6.45) is 0. The smallest absolute Gasteiger partial charge is 0.196 e. The molecule has 17 heavy (non-hydrogen) atoms. The number of nitrogens with one attached hydrogen (secondary N) is 2. The summed E-state index contributed by atoms with van der Waals surface area (Å²) >= 11 is 3.32. The minimum absolute atomic E-state index is 0.123. The van der Waals surface area contributed by atoms with Crippen LogP contribution in [0.25, 0.3) is 0 Å². The van der Waals surface area contributed by atoms with Crippen molar-refractivity contribution in [3.8, 4) is 6.07 Å². The Labute approximate surface area is 106 Å². The molecule has 0 saturated carbocycles. The van der Waals surface area contributed by atoms with Crippen molar-refractivity contribution < 1.29 is 0 Å². The number of H-pyrrole nitrogens is 1. The minimum Gasteiger partial charge on any atom is -0.374 e. The lowest BCUT2D eigenvalue weighted by Crippen LogP contribution is -2.09. The van der Waals surface area contributed by atoms with Crippen molar-refractivity contribution in [2.45, 2.75) is 13.0 Å². The van der Waals surface area contributed by atoms with Gasteiger partial charge in [-0.3, -0.25) is 0 Å². The number of hydrogen-bond acceptors (Lipinski definition) is 5. The number of aromatic amines is 1. The molecule has 7 heteroatoms. The van der Waals surface area contributed by atoms with Crippen LogP contribution in [0.2, 0.25) is 0 Å². The second-order valence-electron chi connectivity index (χ2n) is 3.44. The highest BCUT2D eigenvalue weighted by Gasteiger charge is 2.12. The van der Waals surface area contributed by atoms with E-state index in [1.54, 1.807) is 6.07 Å². The monoisotopic (exact) mass is 292 g/mol. The first-order chi connectivity index (χ1) is 8.20. The molecular weight excluding hydrogens is 284 g/mol. The summed E-state index contributed by atoms with van der Waals surface area (Å²) in [7, 11) is 0. The fraction of sp³-hybridized carbons (Fsp3) is 0.200. The van der Waals surface area contributed by atoms with Gasteiger partial charge in [-0.2, -0.15) is 10.5 Å². The van der Waals surface area contributed by atoms with Gasteiger partial charge in [0.15, 0.2) is 5.82 Å². The van der Waals surface area contributed by atoms with Crippen molar-refractivity contribution >= 4 is 21.6 Å². The second-order valence-corrected chi connectivity index (χ2v) is 4.35. The molecule has 0 bridgehead atoms. The lowest BCUT2D eigenvalue weighted by atomic mass is 10.2. The quantitative estimate of drug-likeness (QED) is 0.903. The van der Waals surface area contributed by atoms with Gasteiger partial charge >= 0.3 is 0 Å². The maximum atomic E-state index is 9.03. The topological polar surface area (TPSA) is 90.3 Å². The van der Waals surface area contributed by atoms with Gasteiger partial charge < -0.3 is 5.32 Å². The largest absolute Gasteiger partial charge is 0.374 e. The SMILES string of the molecule is CC(Nc1ccc(Br)cc1C#N)c1nn[nH]n1. The number of tetrazole rings is 1. The molecule has 1 heterocycles. The standard InChI is InChI=1S/C10H9BrN6/c1-6(10-14-16-17-15-10)13-9-3-2-8(11)4-7(9)5-12/h2-4,6,13H,1H3,(H,14,15,16,17). The highest BCUT2D eigenvalue weighted by atomic mass is 79.9. The van der Waals surface area contributed by atoms with E-state index in [-0.39, 0.29) is 6.04 Å². The first kappa shape index (κ1) is 11.5. The predicted molar refractivity (Wildman–Crippen MR) is 65.1 cm³/mol. The minimum atomic E-state index is -0.123. The number of halogens is 1. The second kappa shape index (κ2) is 4.93. The van der Waals surface area contributed by atoms with Crippen LogP contribution in [0.4, 0.5) is 5.69 Å². The highest BCUT2D eigenvalue weighted by molar-refractivity contribution is 9.10. The molecule has 2 N–H and O–H groups in total. The zero-order valence-corrected chi connectivity index (χ0v) is 10.6. The number of benzene rings is 1. The van der Waals surface area contributed by atoms with E-state index in [1.165, 1.54) is 0 Å². The Hall–Kier alpha value is -1.94. The van der Waals surface area contributed by atoms with Crippen LogP contribution < -0.4 is 5.32 Å². The van der Waals surface area contributed by atoms with E-state index in [1.807, 2.05) is 19.1 Å². The molecule has 0 aliphatic heterocycles. The number of anilines is 1. The molecule has 1 aromatic carbocycles. The third-order valence-electron chi connectivity index (χ3n) is 2.22. The molecule has 0 amide bonds. The number of aromatic nitrogens is 4. The molecule has 0 aliphatic rings. The summed E-state index contributed by atoms with van der Waals surface area (Å²) in [6, 6.07) is 7.46. The Morgan fingerprint density at radius 1 is 1.53 bits per heavy atom. The summed E-state index contributed by atoms with van der Waals surface area (Å²) in [5.41, 5.74) is 1.31. The number of nitrogens with zero attached hydrogens (tertiary/aromatic N) is 4. The lowest BCUT2D eigenvalue weighted by molar-refractivity contribution is 0.793. The molecule has 2 rings (SSSR count). The van der Waals surface area contributed by atoms with Gasteiger partial charge in [0.05, 0.1) is 17.3 Å². The third-order valence-corrected chi connectivity index (χ3v) is 2.72. The third kappa shape index (κ3) is 2.60. The van der Waals surface area contributed by atoms with E-state index in [0.717, 1.165) is 10.2 Å². The molecule has 0 spiro atoms. The lowest BCUT2D eigenvalue weighted by Gasteiger charge is -2.12. The molecule has 1 atom stereocenters. The van der Waals surface area contributed by atoms with Gasteiger partial charge in [-0.15, -0.1) is 10.2 Å². The van der Waals surface area contributed by atoms with Crippen LogP contribution in [-0.2, 0) is 0 Å². The average Bonchev–Trinajstić information content (AvgIpc) is 2.85. The molecule has 0 aliphatic carbocycles. The van der Waals surface area contributed by atoms with Gasteiger partial charge in [-0.25, -0.2) is 0 Å². The number of hydrogen-bond donors (Lipinski definition) is 2. The molecule has 86 valence electrons. The van der Waals surface area contributed by atoms with Gasteiger partial charge in [0.2, 0.25) is 0 Å². The van der Waals surface area contributed by atoms with Crippen LogP contribution in [0.15, 0.2) is 22.7 Å². The average molecular weight is 293 g/mol. The Morgan fingerprint density at radius 2 is 2.35 bits per heavy atom.